The second kappa shape index (κ2) is 4.83. The van der Waals surface area contributed by atoms with Crippen LogP contribution in [-0.2, 0) is 14.3 Å². The van der Waals surface area contributed by atoms with Crippen LogP contribution in [0.4, 0.5) is 8.78 Å². The van der Waals surface area contributed by atoms with Crippen LogP contribution in [0.25, 0.3) is 0 Å². The Morgan fingerprint density at radius 3 is 2.62 bits per heavy atom. The van der Waals surface area contributed by atoms with Gasteiger partial charge in [-0.1, -0.05) is 0 Å². The van der Waals surface area contributed by atoms with Crippen LogP contribution in [0.15, 0.2) is 6.33 Å². The van der Waals surface area contributed by atoms with Crippen LogP contribution in [0.2, 0.25) is 0 Å². The summed E-state index contributed by atoms with van der Waals surface area (Å²) in [4.78, 5) is 3.54. The highest BCUT2D eigenvalue weighted by Crippen LogP contribution is 2.16. The molecule has 1 rings (SSSR count). The fraction of sp³-hybridized carbons (Fsp3) is 0.714. The molecular formula is C7H11F2N3O3S. The largest absolute Gasteiger partial charge is 0.334 e. The van der Waals surface area contributed by atoms with Crippen molar-refractivity contribution < 1.29 is 21.4 Å². The maximum Gasteiger partial charge on any atom is 0.334 e. The predicted molar refractivity (Wildman–Crippen MR) is 50.2 cm³/mol. The molecule has 1 atom stereocenters. The molecule has 0 amide bonds. The molecule has 0 aliphatic heterocycles. The van der Waals surface area contributed by atoms with Gasteiger partial charge in [0.1, 0.15) is 12.4 Å². The van der Waals surface area contributed by atoms with Crippen molar-refractivity contribution in [3.63, 3.8) is 0 Å². The van der Waals surface area contributed by atoms with Gasteiger partial charge >= 0.3 is 6.55 Å². The van der Waals surface area contributed by atoms with E-state index in [-0.39, 0.29) is 11.6 Å². The minimum Gasteiger partial charge on any atom is -0.259 e. The van der Waals surface area contributed by atoms with Crippen molar-refractivity contribution in [2.75, 3.05) is 5.75 Å². The van der Waals surface area contributed by atoms with E-state index < -0.39 is 22.8 Å². The van der Waals surface area contributed by atoms with Gasteiger partial charge < -0.3 is 0 Å². The molecule has 0 aromatic carbocycles. The van der Waals surface area contributed by atoms with Gasteiger partial charge in [0.05, 0.1) is 5.75 Å². The van der Waals surface area contributed by atoms with Gasteiger partial charge in [0, 0.05) is 0 Å². The zero-order chi connectivity index (χ0) is 12.3. The van der Waals surface area contributed by atoms with E-state index in [1.807, 2.05) is 0 Å². The zero-order valence-electron chi connectivity index (χ0n) is 8.67. The summed E-state index contributed by atoms with van der Waals surface area (Å²) in [5.41, 5.74) is 0. The predicted octanol–water partition coefficient (Wildman–Crippen LogP) is 1.10. The molecule has 1 unspecified atom stereocenters. The summed E-state index contributed by atoms with van der Waals surface area (Å²) in [6, 6.07) is 0. The lowest BCUT2D eigenvalue weighted by atomic mass is 10.4. The van der Waals surface area contributed by atoms with Gasteiger partial charge in [-0.15, -0.1) is 5.10 Å². The Morgan fingerprint density at radius 2 is 2.19 bits per heavy atom. The monoisotopic (exact) mass is 255 g/mol. The summed E-state index contributed by atoms with van der Waals surface area (Å²) in [6.07, 6.45) is -0.164. The summed E-state index contributed by atoms with van der Waals surface area (Å²) < 4.78 is 51.5. The Kier molecular flexibility index (Phi) is 3.92. The van der Waals surface area contributed by atoms with Crippen molar-refractivity contribution >= 4 is 10.1 Å². The normalized spacial score (nSPS) is 14.3. The standard InChI is InChI=1S/C7H11F2N3O3S/c1-3-16(13,14)15-5(2)6-10-4-12(11-6)7(8)9/h4-5,7H,3H2,1-2H3. The number of nitrogens with zero attached hydrogens (tertiary/aromatic N) is 3. The van der Waals surface area contributed by atoms with Crippen molar-refractivity contribution in [1.82, 2.24) is 14.8 Å². The van der Waals surface area contributed by atoms with Crippen LogP contribution in [0.3, 0.4) is 0 Å². The van der Waals surface area contributed by atoms with Crippen molar-refractivity contribution in [3.8, 4) is 0 Å². The molecule has 0 aliphatic rings. The van der Waals surface area contributed by atoms with Gasteiger partial charge in [0.2, 0.25) is 0 Å². The second-order valence-electron chi connectivity index (χ2n) is 2.95. The third kappa shape index (κ3) is 3.20. The van der Waals surface area contributed by atoms with Gasteiger partial charge in [-0.25, -0.2) is 4.98 Å². The molecule has 1 aromatic rings. The molecule has 92 valence electrons. The molecule has 16 heavy (non-hydrogen) atoms. The maximum atomic E-state index is 12.1. The molecule has 9 heteroatoms. The zero-order valence-corrected chi connectivity index (χ0v) is 9.49. The first-order chi connectivity index (χ1) is 7.35. The third-order valence-electron chi connectivity index (χ3n) is 1.73. The molecule has 1 heterocycles. The van der Waals surface area contributed by atoms with E-state index >= 15 is 0 Å². The van der Waals surface area contributed by atoms with Gasteiger partial charge in [-0.2, -0.15) is 21.9 Å². The smallest absolute Gasteiger partial charge is 0.259 e. The van der Waals surface area contributed by atoms with Gasteiger partial charge in [-0.05, 0) is 13.8 Å². The first-order valence-corrected chi connectivity index (χ1v) is 6.03. The maximum absolute atomic E-state index is 12.1. The third-order valence-corrected chi connectivity index (χ3v) is 3.02. The molecule has 0 saturated heterocycles. The van der Waals surface area contributed by atoms with Crippen LogP contribution in [0.1, 0.15) is 32.3 Å². The van der Waals surface area contributed by atoms with E-state index in [1.165, 1.54) is 13.8 Å². The van der Waals surface area contributed by atoms with Crippen molar-refractivity contribution in [2.24, 2.45) is 0 Å². The van der Waals surface area contributed by atoms with Crippen LogP contribution in [-0.4, -0.2) is 28.9 Å². The van der Waals surface area contributed by atoms with Crippen LogP contribution >= 0.6 is 0 Å². The summed E-state index contributed by atoms with van der Waals surface area (Å²) in [7, 11) is -3.65. The average Bonchev–Trinajstić information content (AvgIpc) is 2.66. The number of rotatable bonds is 5. The van der Waals surface area contributed by atoms with E-state index in [9.17, 15) is 17.2 Å². The molecule has 0 saturated carbocycles. The van der Waals surface area contributed by atoms with Crippen LogP contribution in [0, 0.1) is 0 Å². The van der Waals surface area contributed by atoms with Gasteiger partial charge in [0.25, 0.3) is 10.1 Å². The van der Waals surface area contributed by atoms with Gasteiger partial charge in [-0.3, -0.25) is 4.18 Å². The molecule has 6 nitrogen and oxygen atoms in total. The quantitative estimate of drug-likeness (QED) is 0.736. The minimum atomic E-state index is -3.65. The molecular weight excluding hydrogens is 244 g/mol. The van der Waals surface area contributed by atoms with E-state index in [4.69, 9.17) is 0 Å². The number of halogens is 2. The number of hydrogen-bond acceptors (Lipinski definition) is 5. The lowest BCUT2D eigenvalue weighted by Crippen LogP contribution is -2.13. The Morgan fingerprint density at radius 1 is 1.56 bits per heavy atom. The van der Waals surface area contributed by atoms with Crippen molar-refractivity contribution in [1.29, 1.82) is 0 Å². The van der Waals surface area contributed by atoms with E-state index in [2.05, 4.69) is 14.3 Å². The molecule has 0 spiro atoms. The fourth-order valence-corrected chi connectivity index (χ4v) is 1.56. The van der Waals surface area contributed by atoms with E-state index in [0.717, 1.165) is 6.33 Å². The van der Waals surface area contributed by atoms with Crippen LogP contribution < -0.4 is 0 Å². The van der Waals surface area contributed by atoms with Crippen LogP contribution in [0.5, 0.6) is 0 Å². The summed E-state index contributed by atoms with van der Waals surface area (Å²) in [6.45, 7) is -0.0257. The molecule has 0 N–H and O–H groups in total. The first-order valence-electron chi connectivity index (χ1n) is 4.46. The summed E-state index contributed by atoms with van der Waals surface area (Å²) in [5.74, 6) is -0.301. The molecule has 0 fully saturated rings. The number of hydrogen-bond donors (Lipinski definition) is 0. The Labute approximate surface area is 91.4 Å². The Balaban J connectivity index is 2.77. The topological polar surface area (TPSA) is 74.1 Å². The second-order valence-corrected chi connectivity index (χ2v) is 4.83. The lowest BCUT2D eigenvalue weighted by molar-refractivity contribution is 0.0551. The molecule has 0 radical (unpaired) electrons. The number of aromatic nitrogens is 3. The molecule has 0 bridgehead atoms. The van der Waals surface area contributed by atoms with E-state index in [0.29, 0.717) is 4.68 Å². The first kappa shape index (κ1) is 13.0. The van der Waals surface area contributed by atoms with Gasteiger partial charge in [0.15, 0.2) is 5.82 Å². The highest BCUT2D eigenvalue weighted by atomic mass is 32.2. The average molecular weight is 255 g/mol. The van der Waals surface area contributed by atoms with E-state index in [1.54, 1.807) is 0 Å². The molecule has 0 aliphatic carbocycles. The Hall–Kier alpha value is -1.09. The number of alkyl halides is 2. The summed E-state index contributed by atoms with van der Waals surface area (Å²) in [5, 5.41) is 3.39. The lowest BCUT2D eigenvalue weighted by Gasteiger charge is -2.08. The summed E-state index contributed by atoms with van der Waals surface area (Å²) >= 11 is 0. The fourth-order valence-electron chi connectivity index (χ4n) is 0.900. The minimum absolute atomic E-state index is 0.0997. The molecule has 1 aromatic heterocycles. The highest BCUT2D eigenvalue weighted by Gasteiger charge is 2.20. The highest BCUT2D eigenvalue weighted by molar-refractivity contribution is 7.86. The Bertz CT molecular complexity index is 445. The van der Waals surface area contributed by atoms with Crippen molar-refractivity contribution in [3.05, 3.63) is 12.2 Å². The van der Waals surface area contributed by atoms with Crippen molar-refractivity contribution in [2.45, 2.75) is 26.5 Å². The SMILES string of the molecule is CCS(=O)(=O)OC(C)c1ncn(C(F)F)n1.